The van der Waals surface area contributed by atoms with Crippen LogP contribution in [0, 0.1) is 5.82 Å². The average molecular weight is 610 g/mol. The Morgan fingerprint density at radius 3 is 2.49 bits per heavy atom. The molecule has 39 heavy (non-hydrogen) atoms. The molecule has 5 atom stereocenters. The van der Waals surface area contributed by atoms with Crippen LogP contribution in [-0.4, -0.2) is 74.5 Å². The van der Waals surface area contributed by atoms with Crippen LogP contribution in [0.15, 0.2) is 42.1 Å². The number of halogens is 2. The summed E-state index contributed by atoms with van der Waals surface area (Å²) >= 11 is 6.06. The maximum atomic E-state index is 14.2. The summed E-state index contributed by atoms with van der Waals surface area (Å²) in [4.78, 5) is 35.6. The standard InChI is InChI=1S/C21H27ClFN5O9P2/c1-3-12(9-37-39(35,36)10-38(32,33)34)16(29)17(30)20(31)28-19-14(8-24-28)18(26-21(22)27-19)25-11(2)13-6-4-5-7-15(13)23/h3-8,11,16-17,20,29-31H,9-10H2,1-2H3,(H,35,36)(H,25,26,27)(H2,32,33,34)/b12-3-/t11-,16+,17+,20+/m0/s1. The number of nitrogens with zero attached hydrogens (tertiary/aromatic N) is 4. The van der Waals surface area contributed by atoms with Gasteiger partial charge >= 0.3 is 15.2 Å². The number of aromatic nitrogens is 4. The van der Waals surface area contributed by atoms with Crippen LogP contribution in [-0.2, 0) is 13.7 Å². The van der Waals surface area contributed by atoms with Crippen LogP contribution in [0.3, 0.4) is 0 Å². The molecule has 1 aromatic carbocycles. The summed E-state index contributed by atoms with van der Waals surface area (Å²) in [7, 11) is -9.62. The molecule has 0 spiro atoms. The van der Waals surface area contributed by atoms with Gasteiger partial charge in [0.1, 0.15) is 23.8 Å². The minimum absolute atomic E-state index is 0.0447. The zero-order valence-corrected chi connectivity index (χ0v) is 23.1. The van der Waals surface area contributed by atoms with Crippen LogP contribution in [0.25, 0.3) is 11.0 Å². The Bertz CT molecular complexity index is 1450. The third-order valence-corrected chi connectivity index (χ3v) is 9.18. The summed E-state index contributed by atoms with van der Waals surface area (Å²) in [6, 6.07) is 5.54. The first kappa shape index (κ1) is 31.2. The molecule has 14 nitrogen and oxygen atoms in total. The van der Waals surface area contributed by atoms with E-state index in [1.165, 1.54) is 25.3 Å². The number of rotatable bonds is 12. The van der Waals surface area contributed by atoms with Gasteiger partial charge in [0.15, 0.2) is 17.8 Å². The highest BCUT2D eigenvalue weighted by Crippen LogP contribution is 2.55. The van der Waals surface area contributed by atoms with E-state index < -0.39 is 58.0 Å². The fourth-order valence-electron chi connectivity index (χ4n) is 3.63. The molecule has 0 aliphatic rings. The summed E-state index contributed by atoms with van der Waals surface area (Å²) in [6.07, 6.45) is -3.29. The molecule has 3 aromatic rings. The summed E-state index contributed by atoms with van der Waals surface area (Å²) < 4.78 is 42.7. The Balaban J connectivity index is 1.82. The molecule has 0 amide bonds. The number of hydrogen-bond donors (Lipinski definition) is 7. The van der Waals surface area contributed by atoms with Crippen LogP contribution < -0.4 is 5.32 Å². The fraction of sp³-hybridized carbons (Fsp3) is 0.381. The van der Waals surface area contributed by atoms with E-state index in [9.17, 15) is 33.7 Å². The summed E-state index contributed by atoms with van der Waals surface area (Å²) in [5, 5.41) is 39.0. The number of allylic oxidation sites excluding steroid dienone is 1. The van der Waals surface area contributed by atoms with Gasteiger partial charge in [0.25, 0.3) is 0 Å². The molecule has 0 saturated heterocycles. The van der Waals surface area contributed by atoms with Crippen molar-refractivity contribution >= 4 is 43.6 Å². The van der Waals surface area contributed by atoms with Crippen molar-refractivity contribution in [1.82, 2.24) is 19.7 Å². The van der Waals surface area contributed by atoms with E-state index in [-0.39, 0.29) is 27.7 Å². The van der Waals surface area contributed by atoms with Gasteiger partial charge in [-0.1, -0.05) is 24.3 Å². The van der Waals surface area contributed by atoms with Crippen molar-refractivity contribution in [2.45, 2.75) is 38.3 Å². The lowest BCUT2D eigenvalue weighted by molar-refractivity contribution is -0.0845. The molecule has 0 bridgehead atoms. The van der Waals surface area contributed by atoms with Gasteiger partial charge in [-0.25, -0.2) is 9.07 Å². The summed E-state index contributed by atoms with van der Waals surface area (Å²) in [5.41, 5.74) is 0.129. The topological polar surface area (TPSA) is 220 Å². The lowest BCUT2D eigenvalue weighted by Gasteiger charge is -2.25. The molecule has 214 valence electrons. The lowest BCUT2D eigenvalue weighted by Crippen LogP contribution is -2.37. The molecule has 0 aliphatic carbocycles. The van der Waals surface area contributed by atoms with Crippen molar-refractivity contribution in [3.8, 4) is 0 Å². The third-order valence-electron chi connectivity index (χ3n) is 5.58. The van der Waals surface area contributed by atoms with Crippen molar-refractivity contribution in [3.63, 3.8) is 0 Å². The van der Waals surface area contributed by atoms with Crippen LogP contribution in [0.4, 0.5) is 10.2 Å². The van der Waals surface area contributed by atoms with Crippen molar-refractivity contribution < 1.29 is 48.0 Å². The number of aliphatic hydroxyl groups excluding tert-OH is 3. The minimum atomic E-state index is -4.88. The second-order valence-electron chi connectivity index (χ2n) is 8.48. The zero-order chi connectivity index (χ0) is 29.1. The van der Waals surface area contributed by atoms with Crippen molar-refractivity contribution in [2.24, 2.45) is 0 Å². The van der Waals surface area contributed by atoms with Gasteiger partial charge < -0.3 is 39.8 Å². The Kier molecular flexibility index (Phi) is 10.00. The second-order valence-corrected chi connectivity index (χ2v) is 12.8. The van der Waals surface area contributed by atoms with E-state index in [1.807, 2.05) is 0 Å². The monoisotopic (exact) mass is 609 g/mol. The van der Waals surface area contributed by atoms with Crippen molar-refractivity contribution in [2.75, 3.05) is 17.8 Å². The Labute approximate surface area is 226 Å². The second kappa shape index (κ2) is 12.5. The molecule has 0 saturated carbocycles. The molecule has 0 aliphatic heterocycles. The maximum absolute atomic E-state index is 14.2. The van der Waals surface area contributed by atoms with Gasteiger partial charge in [-0.3, -0.25) is 9.13 Å². The molecule has 18 heteroatoms. The smallest absolute Gasteiger partial charge is 0.340 e. The highest BCUT2D eigenvalue weighted by Gasteiger charge is 2.34. The largest absolute Gasteiger partial charge is 0.386 e. The van der Waals surface area contributed by atoms with Crippen LogP contribution >= 0.6 is 26.8 Å². The molecular weight excluding hydrogens is 583 g/mol. The Hall–Kier alpha value is -2.29. The molecule has 0 radical (unpaired) electrons. The molecule has 3 rings (SSSR count). The van der Waals surface area contributed by atoms with E-state index in [0.717, 1.165) is 4.68 Å². The average Bonchev–Trinajstić information content (AvgIpc) is 3.25. The number of benzene rings is 1. The lowest BCUT2D eigenvalue weighted by atomic mass is 10.0. The van der Waals surface area contributed by atoms with Crippen LogP contribution in [0.5, 0.6) is 0 Å². The highest BCUT2D eigenvalue weighted by molar-refractivity contribution is 7.70. The first-order valence-electron chi connectivity index (χ1n) is 11.3. The van der Waals surface area contributed by atoms with Gasteiger partial charge in [-0.15, -0.1) is 0 Å². The molecule has 1 unspecified atom stereocenters. The van der Waals surface area contributed by atoms with Crippen molar-refractivity contribution in [1.29, 1.82) is 0 Å². The number of hydrogen-bond acceptors (Lipinski definition) is 10. The summed E-state index contributed by atoms with van der Waals surface area (Å²) in [5.74, 6) is -1.73. The maximum Gasteiger partial charge on any atom is 0.340 e. The number of aliphatic hydroxyl groups is 3. The van der Waals surface area contributed by atoms with E-state index in [4.69, 9.17) is 21.4 Å². The number of fused-ring (bicyclic) bond motifs is 1. The number of nitrogens with one attached hydrogen (secondary N) is 1. The van der Waals surface area contributed by atoms with Gasteiger partial charge in [0, 0.05) is 5.56 Å². The zero-order valence-electron chi connectivity index (χ0n) is 20.5. The number of anilines is 1. The predicted molar refractivity (Wildman–Crippen MR) is 138 cm³/mol. The first-order chi connectivity index (χ1) is 18.1. The minimum Gasteiger partial charge on any atom is -0.386 e. The molecule has 0 fully saturated rings. The van der Waals surface area contributed by atoms with E-state index in [0.29, 0.717) is 5.56 Å². The summed E-state index contributed by atoms with van der Waals surface area (Å²) in [6.45, 7) is 2.30. The van der Waals surface area contributed by atoms with Crippen LogP contribution in [0.1, 0.15) is 31.7 Å². The van der Waals surface area contributed by atoms with Gasteiger partial charge in [0.05, 0.1) is 24.2 Å². The quantitative estimate of drug-likeness (QED) is 0.0891. The van der Waals surface area contributed by atoms with Crippen molar-refractivity contribution in [3.05, 3.63) is 58.8 Å². The molecule has 2 aromatic heterocycles. The van der Waals surface area contributed by atoms with E-state index >= 15 is 0 Å². The van der Waals surface area contributed by atoms with Gasteiger partial charge in [-0.2, -0.15) is 15.1 Å². The fourth-order valence-corrected chi connectivity index (χ4v) is 6.33. The highest BCUT2D eigenvalue weighted by atomic mass is 35.5. The van der Waals surface area contributed by atoms with E-state index in [2.05, 4.69) is 24.9 Å². The normalized spacial score (nSPS) is 17.4. The first-order valence-corrected chi connectivity index (χ1v) is 15.2. The van der Waals surface area contributed by atoms with E-state index in [1.54, 1.807) is 25.1 Å². The van der Waals surface area contributed by atoms with Gasteiger partial charge in [0.2, 0.25) is 5.28 Å². The van der Waals surface area contributed by atoms with Crippen LogP contribution in [0.2, 0.25) is 5.28 Å². The third kappa shape index (κ3) is 7.89. The molecule has 7 N–H and O–H groups in total. The predicted octanol–water partition coefficient (Wildman–Crippen LogP) is 2.29. The molecule has 2 heterocycles. The SMILES string of the molecule is C/C=C(/COP(=O)(O)CP(=O)(O)O)[C@@H](O)[C@@H](O)[C@@H](O)n1ncc2c(N[C@@H](C)c3ccccc3F)nc(Cl)nc21. The Morgan fingerprint density at radius 1 is 1.21 bits per heavy atom. The van der Waals surface area contributed by atoms with Gasteiger partial charge in [-0.05, 0) is 37.1 Å². The molecular formula is C21H27ClFN5O9P2. The Morgan fingerprint density at radius 2 is 1.87 bits per heavy atom.